The number of nitrogens with one attached hydrogen (secondary N) is 1. The molecule has 0 saturated carbocycles. The van der Waals surface area contributed by atoms with Gasteiger partial charge in [0.05, 0.1) is 6.04 Å². The third-order valence-electron chi connectivity index (χ3n) is 3.68. The van der Waals surface area contributed by atoms with E-state index in [1.165, 1.54) is 5.56 Å². The molecule has 0 saturated heterocycles. The second kappa shape index (κ2) is 10.1. The lowest BCUT2D eigenvalue weighted by atomic mass is 9.98. The highest BCUT2D eigenvalue weighted by molar-refractivity contribution is 5.85. The van der Waals surface area contributed by atoms with Crippen LogP contribution >= 0.6 is 0 Å². The van der Waals surface area contributed by atoms with Gasteiger partial charge in [-0.1, -0.05) is 44.2 Å². The first-order valence-electron chi connectivity index (χ1n) is 8.10. The van der Waals surface area contributed by atoms with E-state index in [0.717, 1.165) is 19.3 Å². The fraction of sp³-hybridized carbons (Fsp3) is 0.556. The molecule has 22 heavy (non-hydrogen) atoms. The molecule has 0 heterocycles. The van der Waals surface area contributed by atoms with Crippen LogP contribution in [0.2, 0.25) is 0 Å². The van der Waals surface area contributed by atoms with Gasteiger partial charge in [0.2, 0.25) is 5.91 Å². The maximum absolute atomic E-state index is 11.7. The molecular formula is C18H28N2O2. The number of Topliss-reactive ketones (excluding diaryl/α,β-unsaturated/α-hetero) is 1. The number of carbonyl (C=O) groups is 2. The first-order valence-corrected chi connectivity index (χ1v) is 8.10. The van der Waals surface area contributed by atoms with Crippen molar-refractivity contribution in [3.8, 4) is 0 Å². The molecule has 0 bridgehead atoms. The molecule has 122 valence electrons. The highest BCUT2D eigenvalue weighted by atomic mass is 16.1. The average Bonchev–Trinajstić information content (AvgIpc) is 2.52. The highest BCUT2D eigenvalue weighted by Crippen LogP contribution is 2.05. The fourth-order valence-electron chi connectivity index (χ4n) is 2.28. The molecule has 4 nitrogen and oxygen atoms in total. The van der Waals surface area contributed by atoms with Crippen molar-refractivity contribution in [3.05, 3.63) is 35.9 Å². The fourth-order valence-corrected chi connectivity index (χ4v) is 2.28. The molecule has 1 aromatic rings. The van der Waals surface area contributed by atoms with Crippen LogP contribution in [0.4, 0.5) is 0 Å². The lowest BCUT2D eigenvalue weighted by Gasteiger charge is -2.12. The molecular weight excluding hydrogens is 276 g/mol. The molecule has 1 rings (SSSR count). The van der Waals surface area contributed by atoms with Crippen LogP contribution in [0.15, 0.2) is 30.3 Å². The van der Waals surface area contributed by atoms with Crippen molar-refractivity contribution in [3.63, 3.8) is 0 Å². The minimum Gasteiger partial charge on any atom is -0.356 e. The Balaban J connectivity index is 2.07. The SMILES string of the molecule is CC(C)C(=O)C(N)CCCCNC(=O)CCc1ccccc1. The van der Waals surface area contributed by atoms with Gasteiger partial charge < -0.3 is 11.1 Å². The third-order valence-corrected chi connectivity index (χ3v) is 3.68. The van der Waals surface area contributed by atoms with E-state index in [1.54, 1.807) is 0 Å². The van der Waals surface area contributed by atoms with Gasteiger partial charge in [0.15, 0.2) is 5.78 Å². The van der Waals surface area contributed by atoms with Gasteiger partial charge in [0, 0.05) is 18.9 Å². The van der Waals surface area contributed by atoms with Gasteiger partial charge in [-0.3, -0.25) is 9.59 Å². The van der Waals surface area contributed by atoms with Crippen LogP contribution in [0.1, 0.15) is 45.1 Å². The predicted molar refractivity (Wildman–Crippen MR) is 89.4 cm³/mol. The molecule has 0 spiro atoms. The van der Waals surface area contributed by atoms with E-state index in [4.69, 9.17) is 5.73 Å². The van der Waals surface area contributed by atoms with Crippen LogP contribution < -0.4 is 11.1 Å². The number of rotatable bonds is 10. The summed E-state index contributed by atoms with van der Waals surface area (Å²) in [5.41, 5.74) is 7.01. The Morgan fingerprint density at radius 3 is 2.45 bits per heavy atom. The molecule has 0 fully saturated rings. The van der Waals surface area contributed by atoms with Gasteiger partial charge in [0.1, 0.15) is 0 Å². The minimum absolute atomic E-state index is 0.00677. The molecule has 0 aromatic heterocycles. The zero-order valence-electron chi connectivity index (χ0n) is 13.7. The number of ketones is 1. The number of hydrogen-bond donors (Lipinski definition) is 2. The Hall–Kier alpha value is -1.68. The maximum atomic E-state index is 11.7. The van der Waals surface area contributed by atoms with Gasteiger partial charge in [-0.15, -0.1) is 0 Å². The van der Waals surface area contributed by atoms with Gasteiger partial charge in [-0.25, -0.2) is 0 Å². The molecule has 1 amide bonds. The summed E-state index contributed by atoms with van der Waals surface area (Å²) in [6, 6.07) is 9.62. The average molecular weight is 304 g/mol. The highest BCUT2D eigenvalue weighted by Gasteiger charge is 2.16. The lowest BCUT2D eigenvalue weighted by Crippen LogP contribution is -2.33. The Labute approximate surface area is 133 Å². The van der Waals surface area contributed by atoms with E-state index in [-0.39, 0.29) is 23.7 Å². The Morgan fingerprint density at radius 2 is 1.82 bits per heavy atom. The number of carbonyl (C=O) groups excluding carboxylic acids is 2. The molecule has 0 radical (unpaired) electrons. The van der Waals surface area contributed by atoms with Crippen LogP contribution in [0.5, 0.6) is 0 Å². The first-order chi connectivity index (χ1) is 10.5. The maximum Gasteiger partial charge on any atom is 0.220 e. The van der Waals surface area contributed by atoms with Crippen molar-refractivity contribution >= 4 is 11.7 Å². The lowest BCUT2D eigenvalue weighted by molar-refractivity contribution is -0.123. The Morgan fingerprint density at radius 1 is 1.14 bits per heavy atom. The summed E-state index contributed by atoms with van der Waals surface area (Å²) in [5.74, 6) is 0.186. The Kier molecular flexibility index (Phi) is 8.44. The third kappa shape index (κ3) is 7.36. The summed E-state index contributed by atoms with van der Waals surface area (Å²) in [6.07, 6.45) is 3.68. The van der Waals surface area contributed by atoms with E-state index in [0.29, 0.717) is 19.4 Å². The van der Waals surface area contributed by atoms with Crippen molar-refractivity contribution in [1.82, 2.24) is 5.32 Å². The van der Waals surface area contributed by atoms with Crippen molar-refractivity contribution in [2.75, 3.05) is 6.54 Å². The van der Waals surface area contributed by atoms with Gasteiger partial charge in [0.25, 0.3) is 0 Å². The summed E-state index contributed by atoms with van der Waals surface area (Å²) in [5, 5.41) is 2.91. The first kappa shape index (κ1) is 18.4. The zero-order valence-corrected chi connectivity index (χ0v) is 13.7. The van der Waals surface area contributed by atoms with Crippen molar-refractivity contribution < 1.29 is 9.59 Å². The van der Waals surface area contributed by atoms with Gasteiger partial charge >= 0.3 is 0 Å². The van der Waals surface area contributed by atoms with Gasteiger partial charge in [-0.05, 0) is 31.2 Å². The van der Waals surface area contributed by atoms with E-state index in [9.17, 15) is 9.59 Å². The summed E-state index contributed by atoms with van der Waals surface area (Å²) >= 11 is 0. The van der Waals surface area contributed by atoms with Crippen molar-refractivity contribution in [2.24, 2.45) is 11.7 Å². The second-order valence-electron chi connectivity index (χ2n) is 5.99. The summed E-state index contributed by atoms with van der Waals surface area (Å²) < 4.78 is 0. The number of hydrogen-bond acceptors (Lipinski definition) is 3. The molecule has 0 aliphatic rings. The zero-order chi connectivity index (χ0) is 16.4. The quantitative estimate of drug-likeness (QED) is 0.652. The monoisotopic (exact) mass is 304 g/mol. The number of nitrogens with two attached hydrogens (primary N) is 1. The van der Waals surface area contributed by atoms with Crippen molar-refractivity contribution in [2.45, 2.75) is 52.0 Å². The molecule has 0 aliphatic heterocycles. The van der Waals surface area contributed by atoms with Crippen LogP contribution in [0.25, 0.3) is 0 Å². The minimum atomic E-state index is -0.367. The second-order valence-corrected chi connectivity index (χ2v) is 5.99. The summed E-state index contributed by atoms with van der Waals surface area (Å²) in [7, 11) is 0. The van der Waals surface area contributed by atoms with E-state index in [1.807, 2.05) is 44.2 Å². The smallest absolute Gasteiger partial charge is 0.220 e. The number of benzene rings is 1. The largest absolute Gasteiger partial charge is 0.356 e. The van der Waals surface area contributed by atoms with Crippen LogP contribution in [0, 0.1) is 5.92 Å². The van der Waals surface area contributed by atoms with E-state index in [2.05, 4.69) is 5.32 Å². The van der Waals surface area contributed by atoms with Gasteiger partial charge in [-0.2, -0.15) is 0 Å². The molecule has 1 atom stereocenters. The molecule has 1 unspecified atom stereocenters. The molecule has 1 aromatic carbocycles. The normalized spacial score (nSPS) is 12.2. The number of unbranched alkanes of at least 4 members (excludes halogenated alkanes) is 1. The summed E-state index contributed by atoms with van der Waals surface area (Å²) in [4.78, 5) is 23.4. The van der Waals surface area contributed by atoms with E-state index >= 15 is 0 Å². The summed E-state index contributed by atoms with van der Waals surface area (Å²) in [6.45, 7) is 4.39. The topological polar surface area (TPSA) is 72.2 Å². The number of aryl methyl sites for hydroxylation is 1. The van der Waals surface area contributed by atoms with E-state index < -0.39 is 0 Å². The van der Waals surface area contributed by atoms with Crippen LogP contribution in [0.3, 0.4) is 0 Å². The van der Waals surface area contributed by atoms with Crippen LogP contribution in [-0.2, 0) is 16.0 Å². The predicted octanol–water partition coefficient (Wildman–Crippen LogP) is 2.46. The molecule has 3 N–H and O–H groups in total. The van der Waals surface area contributed by atoms with Crippen LogP contribution in [-0.4, -0.2) is 24.3 Å². The molecule has 4 heteroatoms. The number of amides is 1. The van der Waals surface area contributed by atoms with Crippen molar-refractivity contribution in [1.29, 1.82) is 0 Å². The molecule has 0 aliphatic carbocycles. The standard InChI is InChI=1S/C18H28N2O2/c1-14(2)18(22)16(19)10-6-7-13-20-17(21)12-11-15-8-4-3-5-9-15/h3-5,8-9,14,16H,6-7,10-13,19H2,1-2H3,(H,20,21). The Bertz CT molecular complexity index is 457.